The van der Waals surface area contributed by atoms with Crippen LogP contribution in [0.15, 0.2) is 58.9 Å². The third kappa shape index (κ3) is 4.33. The standard InChI is InChI=1S/C28H28N4O2S/c1-5-31(6-2)27(34)24-23(20-13-9-18(4)10-14-20)21(16-29)25(30)32-26(33)22(35-28(24)32)15-19-11-7-17(3)8-12-19/h7-15,23H,5-6,30H2,1-4H3/b22-15-. The van der Waals surface area contributed by atoms with Crippen LogP contribution in [-0.2, 0) is 4.79 Å². The predicted octanol–water partition coefficient (Wildman–Crippen LogP) is 2.82. The van der Waals surface area contributed by atoms with Crippen molar-refractivity contribution >= 4 is 34.7 Å². The van der Waals surface area contributed by atoms with Crippen molar-refractivity contribution < 1.29 is 4.79 Å². The van der Waals surface area contributed by atoms with Gasteiger partial charge in [-0.15, -0.1) is 11.3 Å². The van der Waals surface area contributed by atoms with E-state index in [1.165, 1.54) is 15.9 Å². The van der Waals surface area contributed by atoms with Gasteiger partial charge in [0.2, 0.25) is 0 Å². The van der Waals surface area contributed by atoms with Crippen molar-refractivity contribution in [2.75, 3.05) is 13.1 Å². The predicted molar refractivity (Wildman–Crippen MR) is 141 cm³/mol. The summed E-state index contributed by atoms with van der Waals surface area (Å²) in [5.41, 5.74) is 10.6. The number of hydrogen-bond donors (Lipinski definition) is 1. The number of amides is 1. The van der Waals surface area contributed by atoms with Gasteiger partial charge >= 0.3 is 0 Å². The first kappa shape index (κ1) is 24.2. The highest BCUT2D eigenvalue weighted by molar-refractivity contribution is 7.07. The number of carbonyl (C=O) groups is 1. The van der Waals surface area contributed by atoms with Gasteiger partial charge in [0.15, 0.2) is 0 Å². The molecular weight excluding hydrogens is 456 g/mol. The number of nitrogens with two attached hydrogens (primary N) is 1. The second kappa shape index (κ2) is 9.77. The highest BCUT2D eigenvalue weighted by Crippen LogP contribution is 2.37. The summed E-state index contributed by atoms with van der Waals surface area (Å²) in [6.07, 6.45) is 1.80. The number of thiazole rings is 1. The largest absolute Gasteiger partial charge is 0.384 e. The van der Waals surface area contributed by atoms with Crippen molar-refractivity contribution in [1.82, 2.24) is 9.47 Å². The second-order valence-corrected chi connectivity index (χ2v) is 9.64. The van der Waals surface area contributed by atoms with Gasteiger partial charge in [-0.25, -0.2) is 0 Å². The molecule has 6 nitrogen and oxygen atoms in total. The monoisotopic (exact) mass is 484 g/mol. The molecule has 0 saturated heterocycles. The molecule has 0 aliphatic carbocycles. The van der Waals surface area contributed by atoms with Crippen LogP contribution >= 0.6 is 11.3 Å². The Morgan fingerprint density at radius 3 is 2.20 bits per heavy atom. The number of carbonyl (C=O) groups excluding carboxylic acids is 1. The average molecular weight is 485 g/mol. The maximum Gasteiger partial charge on any atom is 0.274 e. The van der Waals surface area contributed by atoms with Crippen LogP contribution in [0.5, 0.6) is 0 Å². The quantitative estimate of drug-likeness (QED) is 0.603. The number of nitriles is 1. The van der Waals surface area contributed by atoms with E-state index >= 15 is 0 Å². The molecule has 0 radical (unpaired) electrons. The molecule has 0 bridgehead atoms. The Morgan fingerprint density at radius 1 is 1.09 bits per heavy atom. The lowest BCUT2D eigenvalue weighted by Gasteiger charge is -2.29. The molecule has 0 spiro atoms. The molecule has 2 aromatic carbocycles. The van der Waals surface area contributed by atoms with Crippen molar-refractivity contribution in [2.24, 2.45) is 5.73 Å². The minimum Gasteiger partial charge on any atom is -0.384 e. The molecule has 7 heteroatoms. The number of hydrogen-bond acceptors (Lipinski definition) is 5. The van der Waals surface area contributed by atoms with E-state index in [1.54, 1.807) is 11.0 Å². The molecule has 178 valence electrons. The lowest BCUT2D eigenvalue weighted by Crippen LogP contribution is -2.43. The molecule has 1 amide bonds. The van der Waals surface area contributed by atoms with Crippen molar-refractivity contribution in [1.29, 1.82) is 5.26 Å². The SMILES string of the molecule is CCN(CC)C(=O)C1=c2s/c(=C\c3ccc(C)cc3)c(=O)n2C(N)=C(C#N)C1c1ccc(C)cc1. The van der Waals surface area contributed by atoms with E-state index in [9.17, 15) is 14.9 Å². The van der Waals surface area contributed by atoms with E-state index in [0.29, 0.717) is 27.9 Å². The molecule has 0 fully saturated rings. The van der Waals surface area contributed by atoms with Crippen molar-refractivity contribution in [2.45, 2.75) is 33.6 Å². The van der Waals surface area contributed by atoms with E-state index in [4.69, 9.17) is 5.73 Å². The fraction of sp³-hybridized carbons (Fsp3) is 0.250. The van der Waals surface area contributed by atoms with Gasteiger partial charge in [-0.05, 0) is 44.9 Å². The Morgan fingerprint density at radius 2 is 1.66 bits per heavy atom. The van der Waals surface area contributed by atoms with Crippen LogP contribution in [0.25, 0.3) is 17.5 Å². The summed E-state index contributed by atoms with van der Waals surface area (Å²) >= 11 is 1.24. The molecule has 1 aromatic heterocycles. The number of benzene rings is 2. The topological polar surface area (TPSA) is 92.1 Å². The minimum absolute atomic E-state index is 0.0778. The molecule has 4 rings (SSSR count). The fourth-order valence-corrected chi connectivity index (χ4v) is 5.51. The van der Waals surface area contributed by atoms with E-state index < -0.39 is 5.92 Å². The van der Waals surface area contributed by atoms with Gasteiger partial charge in [0.05, 0.1) is 27.7 Å². The smallest absolute Gasteiger partial charge is 0.274 e. The second-order valence-electron chi connectivity index (χ2n) is 8.61. The maximum absolute atomic E-state index is 13.9. The van der Waals surface area contributed by atoms with Gasteiger partial charge < -0.3 is 10.6 Å². The van der Waals surface area contributed by atoms with Crippen LogP contribution < -0.4 is 20.5 Å². The number of nitrogens with zero attached hydrogens (tertiary/aromatic N) is 3. The van der Waals surface area contributed by atoms with Gasteiger partial charge in [-0.3, -0.25) is 14.2 Å². The first-order valence-electron chi connectivity index (χ1n) is 11.6. The zero-order chi connectivity index (χ0) is 25.3. The minimum atomic E-state index is -0.654. The Kier molecular flexibility index (Phi) is 6.77. The third-order valence-corrected chi connectivity index (χ3v) is 7.44. The van der Waals surface area contributed by atoms with Crippen LogP contribution in [0, 0.1) is 25.2 Å². The highest BCUT2D eigenvalue weighted by Gasteiger charge is 2.36. The molecule has 35 heavy (non-hydrogen) atoms. The van der Waals surface area contributed by atoms with Gasteiger partial charge in [0, 0.05) is 13.1 Å². The van der Waals surface area contributed by atoms with E-state index in [0.717, 1.165) is 22.3 Å². The Hall–Kier alpha value is -3.89. The van der Waals surface area contributed by atoms with Crippen molar-refractivity contribution in [3.8, 4) is 6.07 Å². The average Bonchev–Trinajstić information content (AvgIpc) is 3.17. The third-order valence-electron chi connectivity index (χ3n) is 6.34. The molecule has 1 atom stereocenters. The van der Waals surface area contributed by atoms with Crippen LogP contribution in [0.3, 0.4) is 0 Å². The molecule has 1 aliphatic heterocycles. The summed E-state index contributed by atoms with van der Waals surface area (Å²) in [4.78, 5) is 29.1. The van der Waals surface area contributed by atoms with E-state index in [1.807, 2.05) is 76.2 Å². The highest BCUT2D eigenvalue weighted by atomic mass is 32.1. The van der Waals surface area contributed by atoms with Crippen molar-refractivity contribution in [3.05, 3.63) is 95.9 Å². The summed E-state index contributed by atoms with van der Waals surface area (Å²) in [5.74, 6) is -0.773. The Labute approximate surface area is 208 Å². The van der Waals surface area contributed by atoms with E-state index in [-0.39, 0.29) is 22.9 Å². The van der Waals surface area contributed by atoms with Crippen LogP contribution in [0.2, 0.25) is 0 Å². The zero-order valence-electron chi connectivity index (χ0n) is 20.3. The number of rotatable bonds is 5. The zero-order valence-corrected chi connectivity index (χ0v) is 21.1. The molecule has 2 N–H and O–H groups in total. The number of allylic oxidation sites excluding steroid dienone is 1. The lowest BCUT2D eigenvalue weighted by atomic mass is 9.83. The number of aromatic nitrogens is 1. The number of aryl methyl sites for hydroxylation is 2. The van der Waals surface area contributed by atoms with Gasteiger partial charge in [-0.1, -0.05) is 59.7 Å². The first-order valence-corrected chi connectivity index (χ1v) is 12.4. The van der Waals surface area contributed by atoms with Crippen molar-refractivity contribution in [3.63, 3.8) is 0 Å². The molecular formula is C28H28N4O2S. The molecule has 1 unspecified atom stereocenters. The molecule has 2 heterocycles. The normalized spacial score (nSPS) is 15.7. The summed E-state index contributed by atoms with van der Waals surface area (Å²) in [6, 6.07) is 17.8. The van der Waals surface area contributed by atoms with Crippen LogP contribution in [0.4, 0.5) is 0 Å². The molecule has 0 saturated carbocycles. The first-order chi connectivity index (χ1) is 16.8. The van der Waals surface area contributed by atoms with Crippen LogP contribution in [0.1, 0.15) is 42.0 Å². The van der Waals surface area contributed by atoms with Gasteiger partial charge in [0.25, 0.3) is 11.5 Å². The fourth-order valence-electron chi connectivity index (χ4n) is 4.34. The Balaban J connectivity index is 2.10. The summed E-state index contributed by atoms with van der Waals surface area (Å²) in [5, 5.41) is 10.1. The summed E-state index contributed by atoms with van der Waals surface area (Å²) in [7, 11) is 0. The van der Waals surface area contributed by atoms with Crippen LogP contribution in [-0.4, -0.2) is 28.5 Å². The Bertz CT molecular complexity index is 1530. The molecule has 3 aromatic rings. The lowest BCUT2D eigenvalue weighted by molar-refractivity contribution is -0.125. The summed E-state index contributed by atoms with van der Waals surface area (Å²) < 4.78 is 2.27. The van der Waals surface area contributed by atoms with E-state index in [2.05, 4.69) is 6.07 Å². The summed E-state index contributed by atoms with van der Waals surface area (Å²) in [6.45, 7) is 8.84. The van der Waals surface area contributed by atoms with Gasteiger partial charge in [0.1, 0.15) is 10.5 Å². The molecule has 1 aliphatic rings. The number of fused-ring (bicyclic) bond motifs is 1. The van der Waals surface area contributed by atoms with Gasteiger partial charge in [-0.2, -0.15) is 5.26 Å². The maximum atomic E-state index is 13.9.